The molecule has 0 radical (unpaired) electrons. The van der Waals surface area contributed by atoms with Gasteiger partial charge in [-0.2, -0.15) is 11.8 Å². The number of fused-ring (bicyclic) bond motifs is 1. The topological polar surface area (TPSA) is 43.8 Å². The maximum absolute atomic E-state index is 5.77. The minimum atomic E-state index is 0.440. The second kappa shape index (κ2) is 3.95. The fourth-order valence-corrected chi connectivity index (χ4v) is 3.48. The van der Waals surface area contributed by atoms with E-state index in [4.69, 9.17) is 5.73 Å². The second-order valence-corrected chi connectivity index (χ2v) is 6.14. The molecule has 1 fully saturated rings. The van der Waals surface area contributed by atoms with E-state index in [1.165, 1.54) is 24.8 Å². The summed E-state index contributed by atoms with van der Waals surface area (Å²) in [5.74, 6) is 0. The zero-order chi connectivity index (χ0) is 11.9. The summed E-state index contributed by atoms with van der Waals surface area (Å²) in [6, 6.07) is 5.97. The monoisotopic (exact) mass is 247 g/mol. The van der Waals surface area contributed by atoms with Gasteiger partial charge in [0.1, 0.15) is 0 Å². The summed E-state index contributed by atoms with van der Waals surface area (Å²) in [5.41, 5.74) is 8.75. The van der Waals surface area contributed by atoms with Crippen molar-refractivity contribution in [1.82, 2.24) is 9.55 Å². The first-order valence-electron chi connectivity index (χ1n) is 5.98. The molecule has 0 unspecified atom stereocenters. The van der Waals surface area contributed by atoms with Crippen LogP contribution in [0.1, 0.15) is 19.3 Å². The molecule has 1 aromatic heterocycles. The maximum atomic E-state index is 5.77. The molecule has 1 heterocycles. The lowest BCUT2D eigenvalue weighted by Crippen LogP contribution is -2.37. The summed E-state index contributed by atoms with van der Waals surface area (Å²) in [5, 5.41) is 0. The van der Waals surface area contributed by atoms with Gasteiger partial charge in [0.2, 0.25) is 0 Å². The Balaban J connectivity index is 1.95. The molecule has 0 aliphatic heterocycles. The average molecular weight is 247 g/mol. The van der Waals surface area contributed by atoms with Gasteiger partial charge in [-0.3, -0.25) is 0 Å². The van der Waals surface area contributed by atoms with Crippen LogP contribution in [-0.2, 0) is 6.54 Å². The molecule has 1 aliphatic carbocycles. The minimum Gasteiger partial charge on any atom is -0.399 e. The van der Waals surface area contributed by atoms with Crippen molar-refractivity contribution in [2.75, 3.05) is 12.0 Å². The summed E-state index contributed by atoms with van der Waals surface area (Å²) in [6.07, 6.45) is 8.17. The molecule has 3 rings (SSSR count). The SMILES string of the molecule is CSC1(Cn2cnc3cc(N)ccc32)CCC1. The summed E-state index contributed by atoms with van der Waals surface area (Å²) >= 11 is 2.00. The second-order valence-electron chi connectivity index (χ2n) is 4.86. The third-order valence-corrected chi connectivity index (χ3v) is 5.20. The van der Waals surface area contributed by atoms with Crippen LogP contribution in [0.2, 0.25) is 0 Å². The molecule has 2 N–H and O–H groups in total. The highest BCUT2D eigenvalue weighted by Gasteiger charge is 2.36. The molecule has 0 bridgehead atoms. The van der Waals surface area contributed by atoms with Crippen LogP contribution in [-0.4, -0.2) is 20.6 Å². The highest BCUT2D eigenvalue weighted by molar-refractivity contribution is 8.00. The number of nitrogens with zero attached hydrogens (tertiary/aromatic N) is 2. The number of hydrogen-bond donors (Lipinski definition) is 1. The number of aromatic nitrogens is 2. The number of hydrogen-bond acceptors (Lipinski definition) is 3. The van der Waals surface area contributed by atoms with Gasteiger partial charge in [-0.25, -0.2) is 4.98 Å². The van der Waals surface area contributed by atoms with Crippen molar-refractivity contribution >= 4 is 28.5 Å². The van der Waals surface area contributed by atoms with E-state index >= 15 is 0 Å². The van der Waals surface area contributed by atoms with Crippen molar-refractivity contribution in [1.29, 1.82) is 0 Å². The predicted octanol–water partition coefficient (Wildman–Crippen LogP) is 2.90. The number of rotatable bonds is 3. The molecule has 1 aliphatic rings. The summed E-state index contributed by atoms with van der Waals surface area (Å²) < 4.78 is 2.71. The van der Waals surface area contributed by atoms with Gasteiger partial charge in [0.05, 0.1) is 17.4 Å². The van der Waals surface area contributed by atoms with Gasteiger partial charge in [0.15, 0.2) is 0 Å². The number of nitrogens with two attached hydrogens (primary N) is 1. The highest BCUT2D eigenvalue weighted by atomic mass is 32.2. The lowest BCUT2D eigenvalue weighted by Gasteiger charge is -2.40. The predicted molar refractivity (Wildman–Crippen MR) is 74.2 cm³/mol. The first-order chi connectivity index (χ1) is 8.22. The van der Waals surface area contributed by atoms with Gasteiger partial charge in [-0.1, -0.05) is 6.42 Å². The molecular formula is C13H17N3S. The van der Waals surface area contributed by atoms with Crippen molar-refractivity contribution in [3.63, 3.8) is 0 Å². The van der Waals surface area contributed by atoms with Gasteiger partial charge >= 0.3 is 0 Å². The maximum Gasteiger partial charge on any atom is 0.0958 e. The lowest BCUT2D eigenvalue weighted by molar-refractivity contribution is 0.324. The number of thioether (sulfide) groups is 1. The molecule has 3 nitrogen and oxygen atoms in total. The molecule has 0 saturated heterocycles. The molecule has 1 aromatic carbocycles. The third-order valence-electron chi connectivity index (χ3n) is 3.80. The van der Waals surface area contributed by atoms with E-state index in [0.717, 1.165) is 17.7 Å². The number of anilines is 1. The van der Waals surface area contributed by atoms with Crippen LogP contribution in [0.3, 0.4) is 0 Å². The quantitative estimate of drug-likeness (QED) is 0.848. The zero-order valence-corrected chi connectivity index (χ0v) is 10.8. The van der Waals surface area contributed by atoms with Gasteiger partial charge in [-0.05, 0) is 37.3 Å². The Kier molecular flexibility index (Phi) is 2.54. The summed E-state index contributed by atoms with van der Waals surface area (Å²) in [6.45, 7) is 1.06. The summed E-state index contributed by atoms with van der Waals surface area (Å²) in [7, 11) is 0. The molecule has 90 valence electrons. The van der Waals surface area contributed by atoms with E-state index in [9.17, 15) is 0 Å². The van der Waals surface area contributed by atoms with Crippen molar-refractivity contribution in [2.24, 2.45) is 0 Å². The normalized spacial score (nSPS) is 18.2. The Morgan fingerprint density at radius 1 is 1.47 bits per heavy atom. The Bertz CT molecular complexity index is 537. The van der Waals surface area contributed by atoms with Crippen LogP contribution in [0.5, 0.6) is 0 Å². The highest BCUT2D eigenvalue weighted by Crippen LogP contribution is 2.44. The third kappa shape index (κ3) is 1.80. The lowest BCUT2D eigenvalue weighted by atomic mass is 9.84. The minimum absolute atomic E-state index is 0.440. The zero-order valence-electron chi connectivity index (χ0n) is 10.0. The van der Waals surface area contributed by atoms with E-state index in [1.807, 2.05) is 30.2 Å². The Morgan fingerprint density at radius 2 is 2.29 bits per heavy atom. The van der Waals surface area contributed by atoms with Gasteiger partial charge in [0.25, 0.3) is 0 Å². The van der Waals surface area contributed by atoms with E-state index < -0.39 is 0 Å². The molecule has 0 atom stereocenters. The van der Waals surface area contributed by atoms with Crippen LogP contribution >= 0.6 is 11.8 Å². The molecule has 4 heteroatoms. The van der Waals surface area contributed by atoms with Gasteiger partial charge < -0.3 is 10.3 Å². The fraction of sp³-hybridized carbons (Fsp3) is 0.462. The number of nitrogen functional groups attached to an aromatic ring is 1. The average Bonchev–Trinajstić information content (AvgIpc) is 2.66. The fourth-order valence-electron chi connectivity index (χ4n) is 2.52. The van der Waals surface area contributed by atoms with Crippen molar-refractivity contribution in [2.45, 2.75) is 30.6 Å². The first-order valence-corrected chi connectivity index (χ1v) is 7.20. The van der Waals surface area contributed by atoms with Crippen LogP contribution in [0.4, 0.5) is 5.69 Å². The standard InChI is InChI=1S/C13H17N3S/c1-17-13(5-2-6-13)8-16-9-15-11-7-10(14)3-4-12(11)16/h3-4,7,9H,2,5-6,8,14H2,1H3. The van der Waals surface area contributed by atoms with Gasteiger partial charge in [-0.15, -0.1) is 0 Å². The van der Waals surface area contributed by atoms with Crippen LogP contribution < -0.4 is 5.73 Å². The first kappa shape index (κ1) is 11.0. The van der Waals surface area contributed by atoms with Gasteiger partial charge in [0, 0.05) is 17.0 Å². The summed E-state index contributed by atoms with van der Waals surface area (Å²) in [4.78, 5) is 4.43. The van der Waals surface area contributed by atoms with E-state index in [1.54, 1.807) is 0 Å². The smallest absolute Gasteiger partial charge is 0.0958 e. The van der Waals surface area contributed by atoms with E-state index in [2.05, 4.69) is 21.9 Å². The Labute approximate surface area is 105 Å². The van der Waals surface area contributed by atoms with Crippen molar-refractivity contribution < 1.29 is 0 Å². The van der Waals surface area contributed by atoms with Crippen molar-refractivity contribution in [3.8, 4) is 0 Å². The number of imidazole rings is 1. The molecule has 2 aromatic rings. The molecule has 1 saturated carbocycles. The van der Waals surface area contributed by atoms with E-state index in [0.29, 0.717) is 4.75 Å². The molecule has 17 heavy (non-hydrogen) atoms. The van der Waals surface area contributed by atoms with Crippen LogP contribution in [0, 0.1) is 0 Å². The van der Waals surface area contributed by atoms with Crippen LogP contribution in [0.25, 0.3) is 11.0 Å². The number of benzene rings is 1. The molecular weight excluding hydrogens is 230 g/mol. The molecule has 0 amide bonds. The van der Waals surface area contributed by atoms with Crippen LogP contribution in [0.15, 0.2) is 24.5 Å². The Morgan fingerprint density at radius 3 is 2.94 bits per heavy atom. The van der Waals surface area contributed by atoms with Crippen molar-refractivity contribution in [3.05, 3.63) is 24.5 Å². The largest absolute Gasteiger partial charge is 0.399 e. The Hall–Kier alpha value is -1.16. The van der Waals surface area contributed by atoms with E-state index in [-0.39, 0.29) is 0 Å². The molecule has 0 spiro atoms.